The molecule has 1 rings (SSSR count). The Morgan fingerprint density at radius 1 is 1.00 bits per heavy atom. The Bertz CT molecular complexity index is 388. The SMILES string of the molecule is CC(C)CC(O)C1C(=O)C(C)(C)C(=O)C(C)(C)C1=O. The molecule has 1 N–H and O–H groups in total. The van der Waals surface area contributed by atoms with Gasteiger partial charge in [-0.2, -0.15) is 0 Å². The predicted molar refractivity (Wildman–Crippen MR) is 71.5 cm³/mol. The lowest BCUT2D eigenvalue weighted by Gasteiger charge is -2.42. The van der Waals surface area contributed by atoms with Crippen LogP contribution in [-0.4, -0.2) is 28.6 Å². The lowest BCUT2D eigenvalue weighted by Crippen LogP contribution is -2.60. The predicted octanol–water partition coefficient (Wildman–Crippen LogP) is 1.78. The van der Waals surface area contributed by atoms with E-state index >= 15 is 0 Å². The van der Waals surface area contributed by atoms with Crippen molar-refractivity contribution in [1.82, 2.24) is 0 Å². The molecule has 0 aromatic rings. The summed E-state index contributed by atoms with van der Waals surface area (Å²) in [5.41, 5.74) is -2.42. The number of ketones is 3. The minimum absolute atomic E-state index is 0.180. The van der Waals surface area contributed by atoms with Crippen molar-refractivity contribution in [3.05, 3.63) is 0 Å². The first-order valence-electron chi connectivity index (χ1n) is 6.75. The van der Waals surface area contributed by atoms with Gasteiger partial charge in [0.1, 0.15) is 5.92 Å². The smallest absolute Gasteiger partial charge is 0.158 e. The molecule has 1 unspecified atom stereocenters. The van der Waals surface area contributed by atoms with Gasteiger partial charge < -0.3 is 5.11 Å². The first-order valence-corrected chi connectivity index (χ1v) is 6.75. The topological polar surface area (TPSA) is 71.4 Å². The quantitative estimate of drug-likeness (QED) is 0.792. The number of rotatable bonds is 3. The number of hydrogen-bond acceptors (Lipinski definition) is 4. The second-order valence-corrected chi connectivity index (χ2v) is 6.98. The molecule has 1 aliphatic carbocycles. The second kappa shape index (κ2) is 4.82. The Hall–Kier alpha value is -1.03. The van der Waals surface area contributed by atoms with E-state index in [4.69, 9.17) is 0 Å². The van der Waals surface area contributed by atoms with Gasteiger partial charge in [-0.3, -0.25) is 14.4 Å². The van der Waals surface area contributed by atoms with E-state index in [0.29, 0.717) is 6.42 Å². The van der Waals surface area contributed by atoms with E-state index in [1.54, 1.807) is 27.7 Å². The van der Waals surface area contributed by atoms with Crippen molar-refractivity contribution < 1.29 is 19.5 Å². The van der Waals surface area contributed by atoms with E-state index in [-0.39, 0.29) is 11.7 Å². The molecule has 0 bridgehead atoms. The molecule has 0 aromatic heterocycles. The zero-order valence-corrected chi connectivity index (χ0v) is 12.6. The number of aliphatic hydroxyl groups is 1. The van der Waals surface area contributed by atoms with Gasteiger partial charge in [0.05, 0.1) is 16.9 Å². The van der Waals surface area contributed by atoms with Crippen LogP contribution < -0.4 is 0 Å². The van der Waals surface area contributed by atoms with Gasteiger partial charge in [0.15, 0.2) is 17.3 Å². The van der Waals surface area contributed by atoms with Crippen LogP contribution in [0, 0.1) is 22.7 Å². The summed E-state index contributed by atoms with van der Waals surface area (Å²) < 4.78 is 0. The van der Waals surface area contributed by atoms with Gasteiger partial charge in [-0.25, -0.2) is 0 Å². The Morgan fingerprint density at radius 2 is 1.37 bits per heavy atom. The maximum Gasteiger partial charge on any atom is 0.158 e. The molecule has 0 heterocycles. The minimum atomic E-state index is -1.21. The van der Waals surface area contributed by atoms with Crippen LogP contribution in [0.4, 0.5) is 0 Å². The molecular weight excluding hydrogens is 244 g/mol. The number of carbonyl (C=O) groups is 3. The summed E-state index contributed by atoms with van der Waals surface area (Å²) in [7, 11) is 0. The third-order valence-electron chi connectivity index (χ3n) is 4.03. The number of Topliss-reactive ketones (excluding diaryl/α,β-unsaturated/α-hetero) is 3. The van der Waals surface area contributed by atoms with Crippen molar-refractivity contribution in [3.8, 4) is 0 Å². The van der Waals surface area contributed by atoms with Gasteiger partial charge >= 0.3 is 0 Å². The summed E-state index contributed by atoms with van der Waals surface area (Å²) in [5.74, 6) is -2.16. The number of carbonyl (C=O) groups excluding carboxylic acids is 3. The highest BCUT2D eigenvalue weighted by molar-refractivity contribution is 6.28. The Balaban J connectivity index is 3.21. The third kappa shape index (κ3) is 2.50. The zero-order chi connectivity index (χ0) is 15.2. The monoisotopic (exact) mass is 268 g/mol. The Labute approximate surface area is 114 Å². The van der Waals surface area contributed by atoms with Crippen LogP contribution in [0.25, 0.3) is 0 Å². The summed E-state index contributed by atoms with van der Waals surface area (Å²) in [6.45, 7) is 10.0. The summed E-state index contributed by atoms with van der Waals surface area (Å²) in [6, 6.07) is 0. The van der Waals surface area contributed by atoms with Crippen LogP contribution in [0.1, 0.15) is 48.0 Å². The van der Waals surface area contributed by atoms with Gasteiger partial charge in [-0.15, -0.1) is 0 Å². The molecule has 1 aliphatic rings. The van der Waals surface area contributed by atoms with Crippen molar-refractivity contribution >= 4 is 17.3 Å². The highest BCUT2D eigenvalue weighted by atomic mass is 16.3. The van der Waals surface area contributed by atoms with Crippen LogP contribution in [0.2, 0.25) is 0 Å². The largest absolute Gasteiger partial charge is 0.392 e. The van der Waals surface area contributed by atoms with Crippen LogP contribution in [0.3, 0.4) is 0 Å². The molecule has 0 saturated heterocycles. The molecular formula is C15H24O4. The molecule has 108 valence electrons. The maximum atomic E-state index is 12.4. The molecule has 1 saturated carbocycles. The standard InChI is InChI=1S/C15H24O4/c1-8(2)7-9(16)10-11(17)14(3,4)13(19)15(5,6)12(10)18/h8-10,16H,7H2,1-6H3. The Kier molecular flexibility index (Phi) is 4.06. The third-order valence-corrected chi connectivity index (χ3v) is 4.03. The van der Waals surface area contributed by atoms with Crippen LogP contribution in [0.15, 0.2) is 0 Å². The van der Waals surface area contributed by atoms with Crippen molar-refractivity contribution in [3.63, 3.8) is 0 Å². The molecule has 4 nitrogen and oxygen atoms in total. The average Bonchev–Trinajstić information content (AvgIpc) is 2.25. The fraction of sp³-hybridized carbons (Fsp3) is 0.800. The molecule has 0 radical (unpaired) electrons. The molecule has 19 heavy (non-hydrogen) atoms. The molecule has 0 aromatic carbocycles. The summed E-state index contributed by atoms with van der Waals surface area (Å²) in [5, 5.41) is 10.2. The molecule has 1 atom stereocenters. The van der Waals surface area contributed by atoms with Gasteiger partial charge in [-0.1, -0.05) is 13.8 Å². The van der Waals surface area contributed by atoms with Gasteiger partial charge in [0.2, 0.25) is 0 Å². The summed E-state index contributed by atoms with van der Waals surface area (Å²) >= 11 is 0. The van der Waals surface area contributed by atoms with Crippen molar-refractivity contribution in [1.29, 1.82) is 0 Å². The van der Waals surface area contributed by atoms with Crippen molar-refractivity contribution in [2.24, 2.45) is 22.7 Å². The maximum absolute atomic E-state index is 12.4. The summed E-state index contributed by atoms with van der Waals surface area (Å²) in [4.78, 5) is 37.0. The molecule has 1 fully saturated rings. The van der Waals surface area contributed by atoms with E-state index in [1.165, 1.54) is 0 Å². The van der Waals surface area contributed by atoms with Crippen molar-refractivity contribution in [2.75, 3.05) is 0 Å². The van der Waals surface area contributed by atoms with Crippen LogP contribution >= 0.6 is 0 Å². The molecule has 4 heteroatoms. The lowest BCUT2D eigenvalue weighted by atomic mass is 9.57. The van der Waals surface area contributed by atoms with Gasteiger partial charge in [0, 0.05) is 0 Å². The first-order chi connectivity index (χ1) is 8.44. The molecule has 0 amide bonds. The van der Waals surface area contributed by atoms with E-state index < -0.39 is 34.4 Å². The molecule has 0 aliphatic heterocycles. The van der Waals surface area contributed by atoms with Gasteiger partial charge in [-0.05, 0) is 40.0 Å². The first kappa shape index (κ1) is 16.0. The molecule has 0 spiro atoms. The van der Waals surface area contributed by atoms with Crippen LogP contribution in [0.5, 0.6) is 0 Å². The highest BCUT2D eigenvalue weighted by Crippen LogP contribution is 2.42. The number of hydrogen-bond donors (Lipinski definition) is 1. The van der Waals surface area contributed by atoms with E-state index in [9.17, 15) is 19.5 Å². The Morgan fingerprint density at radius 3 is 1.68 bits per heavy atom. The number of aliphatic hydroxyl groups excluding tert-OH is 1. The van der Waals surface area contributed by atoms with Gasteiger partial charge in [0.25, 0.3) is 0 Å². The second-order valence-electron chi connectivity index (χ2n) is 6.98. The van der Waals surface area contributed by atoms with E-state index in [0.717, 1.165) is 0 Å². The van der Waals surface area contributed by atoms with E-state index in [2.05, 4.69) is 0 Å². The van der Waals surface area contributed by atoms with E-state index in [1.807, 2.05) is 13.8 Å². The normalized spacial score (nSPS) is 24.9. The fourth-order valence-electron chi connectivity index (χ4n) is 2.87. The van der Waals surface area contributed by atoms with Crippen molar-refractivity contribution in [2.45, 2.75) is 54.1 Å². The fourth-order valence-corrected chi connectivity index (χ4v) is 2.87. The average molecular weight is 268 g/mol. The lowest BCUT2D eigenvalue weighted by molar-refractivity contribution is -0.163. The minimum Gasteiger partial charge on any atom is -0.392 e. The highest BCUT2D eigenvalue weighted by Gasteiger charge is 2.59. The zero-order valence-electron chi connectivity index (χ0n) is 12.6. The summed E-state index contributed by atoms with van der Waals surface area (Å²) in [6.07, 6.45) is -0.630. The van der Waals surface area contributed by atoms with Crippen LogP contribution in [-0.2, 0) is 14.4 Å².